The van der Waals surface area contributed by atoms with Crippen molar-refractivity contribution in [2.24, 2.45) is 0 Å². The highest BCUT2D eigenvalue weighted by Crippen LogP contribution is 2.39. The van der Waals surface area contributed by atoms with Crippen molar-refractivity contribution in [1.82, 2.24) is 9.55 Å². The van der Waals surface area contributed by atoms with Crippen LogP contribution < -0.4 is 5.56 Å². The van der Waals surface area contributed by atoms with Gasteiger partial charge in [-0.2, -0.15) is 0 Å². The zero-order valence-electron chi connectivity index (χ0n) is 15.7. The molecule has 0 spiro atoms. The van der Waals surface area contributed by atoms with Gasteiger partial charge in [-0.15, -0.1) is 0 Å². The lowest BCUT2D eigenvalue weighted by atomic mass is 9.77. The molecular weight excluding hydrogens is 356 g/mol. The van der Waals surface area contributed by atoms with Crippen LogP contribution in [0, 0.1) is 6.92 Å². The van der Waals surface area contributed by atoms with Crippen molar-refractivity contribution in [1.29, 1.82) is 0 Å². The molecule has 3 aromatic rings. The van der Waals surface area contributed by atoms with Gasteiger partial charge in [0.2, 0.25) is 0 Å². The van der Waals surface area contributed by atoms with Crippen molar-refractivity contribution in [2.75, 3.05) is 0 Å². The summed E-state index contributed by atoms with van der Waals surface area (Å²) in [6, 6.07) is 7.11. The lowest BCUT2D eigenvalue weighted by Gasteiger charge is -2.32. The molecule has 0 bridgehead atoms. The molecular formula is C22H20N2O4. The molecule has 6 nitrogen and oxygen atoms in total. The van der Waals surface area contributed by atoms with E-state index in [1.807, 2.05) is 13.0 Å². The Hall–Kier alpha value is -2.99. The molecule has 2 aromatic heterocycles. The fraction of sp³-hybridized carbons (Fsp3) is 0.318. The van der Waals surface area contributed by atoms with Crippen molar-refractivity contribution in [3.8, 4) is 17.1 Å². The third-order valence-electron chi connectivity index (χ3n) is 6.31. The first-order valence-electron chi connectivity index (χ1n) is 9.50. The van der Waals surface area contributed by atoms with Crippen molar-refractivity contribution >= 4 is 16.7 Å². The maximum Gasteiger partial charge on any atom is 0.254 e. The van der Waals surface area contributed by atoms with E-state index in [-0.39, 0.29) is 29.9 Å². The largest absolute Gasteiger partial charge is 0.508 e. The second-order valence-electron chi connectivity index (χ2n) is 7.72. The maximum atomic E-state index is 13.2. The van der Waals surface area contributed by atoms with Crippen LogP contribution in [0.1, 0.15) is 42.0 Å². The summed E-state index contributed by atoms with van der Waals surface area (Å²) in [6.45, 7) is 3.99. The minimum Gasteiger partial charge on any atom is -0.508 e. The SMILES string of the molecule is CC[C@@]1(O)C(=O)CCc2c1cc1n(c2=O)Cc2cc3c(C)c(O)ccc3nc2-1. The number of aliphatic hydroxyl groups is 1. The van der Waals surface area contributed by atoms with E-state index in [2.05, 4.69) is 0 Å². The molecule has 2 N–H and O–H groups in total. The van der Waals surface area contributed by atoms with Gasteiger partial charge < -0.3 is 14.8 Å². The van der Waals surface area contributed by atoms with E-state index in [4.69, 9.17) is 4.98 Å². The Morgan fingerprint density at radius 3 is 2.75 bits per heavy atom. The number of carbonyl (C=O) groups is 1. The fourth-order valence-corrected chi connectivity index (χ4v) is 4.57. The molecule has 3 heterocycles. The molecule has 0 unspecified atom stereocenters. The Morgan fingerprint density at radius 1 is 1.21 bits per heavy atom. The molecule has 5 rings (SSSR count). The summed E-state index contributed by atoms with van der Waals surface area (Å²) in [5.74, 6) is -0.0217. The normalized spacial score (nSPS) is 20.2. The average molecular weight is 376 g/mol. The zero-order valence-corrected chi connectivity index (χ0v) is 15.7. The van der Waals surface area contributed by atoms with Crippen LogP contribution in [0.4, 0.5) is 0 Å². The van der Waals surface area contributed by atoms with Gasteiger partial charge in [0.15, 0.2) is 5.78 Å². The predicted molar refractivity (Wildman–Crippen MR) is 104 cm³/mol. The number of aryl methyl sites for hydroxylation is 1. The maximum absolute atomic E-state index is 13.2. The number of carbonyl (C=O) groups excluding carboxylic acids is 1. The molecule has 1 aliphatic carbocycles. The summed E-state index contributed by atoms with van der Waals surface area (Å²) in [5, 5.41) is 21.8. The third-order valence-corrected chi connectivity index (χ3v) is 6.31. The highest BCUT2D eigenvalue weighted by atomic mass is 16.3. The van der Waals surface area contributed by atoms with E-state index in [0.717, 1.165) is 22.0 Å². The monoisotopic (exact) mass is 376 g/mol. The number of ketones is 1. The molecule has 28 heavy (non-hydrogen) atoms. The summed E-state index contributed by atoms with van der Waals surface area (Å²) >= 11 is 0. The van der Waals surface area contributed by atoms with Crippen LogP contribution in [-0.4, -0.2) is 25.5 Å². The summed E-state index contributed by atoms with van der Waals surface area (Å²) < 4.78 is 1.68. The lowest BCUT2D eigenvalue weighted by Crippen LogP contribution is -2.43. The topological polar surface area (TPSA) is 92.4 Å². The molecule has 1 aliphatic heterocycles. The molecule has 6 heteroatoms. The number of phenols is 1. The number of Topliss-reactive ketones (excluding diaryl/α,β-unsaturated/α-hetero) is 1. The Bertz CT molecular complexity index is 1260. The number of rotatable bonds is 1. The molecule has 1 aromatic carbocycles. The quantitative estimate of drug-likeness (QED) is 0.533. The number of nitrogens with zero attached hydrogens (tertiary/aromatic N) is 2. The summed E-state index contributed by atoms with van der Waals surface area (Å²) in [5.41, 5.74) is 2.89. The van der Waals surface area contributed by atoms with E-state index in [9.17, 15) is 19.8 Å². The second kappa shape index (κ2) is 5.52. The van der Waals surface area contributed by atoms with E-state index >= 15 is 0 Å². The highest BCUT2D eigenvalue weighted by molar-refractivity contribution is 5.92. The Morgan fingerprint density at radius 2 is 2.00 bits per heavy atom. The van der Waals surface area contributed by atoms with Gasteiger partial charge in [0.1, 0.15) is 11.4 Å². The summed E-state index contributed by atoms with van der Waals surface area (Å²) in [4.78, 5) is 30.3. The lowest BCUT2D eigenvalue weighted by molar-refractivity contribution is -0.140. The summed E-state index contributed by atoms with van der Waals surface area (Å²) in [7, 11) is 0. The van der Waals surface area contributed by atoms with Crippen molar-refractivity contribution in [3.63, 3.8) is 0 Å². The van der Waals surface area contributed by atoms with Gasteiger partial charge in [0.25, 0.3) is 5.56 Å². The molecule has 0 amide bonds. The van der Waals surface area contributed by atoms with Crippen LogP contribution in [0.25, 0.3) is 22.3 Å². The number of benzene rings is 1. The number of aromatic hydroxyl groups is 1. The number of hydrogen-bond donors (Lipinski definition) is 2. The standard InChI is InChI=1S/C22H20N2O4/c1-3-22(28)15-9-17-20-12(8-14-11(2)18(25)6-5-16(14)23-20)10-24(17)21(27)13(15)4-7-19(22)26/h5-6,8-9,25,28H,3-4,7,10H2,1-2H3/t22-/m0/s1. The minimum atomic E-state index is -1.61. The van der Waals surface area contributed by atoms with Crippen LogP contribution in [-0.2, 0) is 23.4 Å². The van der Waals surface area contributed by atoms with Gasteiger partial charge in [-0.25, -0.2) is 4.98 Å². The van der Waals surface area contributed by atoms with E-state index < -0.39 is 5.60 Å². The zero-order chi connectivity index (χ0) is 19.8. The predicted octanol–water partition coefficient (Wildman–Crippen LogP) is 2.55. The highest BCUT2D eigenvalue weighted by Gasteiger charge is 2.43. The first-order chi connectivity index (χ1) is 13.3. The van der Waals surface area contributed by atoms with Gasteiger partial charge in [0.05, 0.1) is 23.4 Å². The third kappa shape index (κ3) is 2.04. The van der Waals surface area contributed by atoms with E-state index in [0.29, 0.717) is 35.5 Å². The van der Waals surface area contributed by atoms with Crippen molar-refractivity contribution in [2.45, 2.75) is 45.3 Å². The van der Waals surface area contributed by atoms with Crippen LogP contribution in [0.15, 0.2) is 29.1 Å². The number of pyridine rings is 2. The number of hydrogen-bond acceptors (Lipinski definition) is 5. The van der Waals surface area contributed by atoms with Crippen LogP contribution >= 0.6 is 0 Å². The van der Waals surface area contributed by atoms with Gasteiger partial charge in [0, 0.05) is 34.1 Å². The van der Waals surface area contributed by atoms with E-state index in [1.165, 1.54) is 0 Å². The molecule has 0 saturated carbocycles. The van der Waals surface area contributed by atoms with Crippen LogP contribution in [0.2, 0.25) is 0 Å². The Balaban J connectivity index is 1.80. The molecule has 0 saturated heterocycles. The summed E-state index contributed by atoms with van der Waals surface area (Å²) in [6.07, 6.45) is 0.770. The number of aromatic nitrogens is 2. The van der Waals surface area contributed by atoms with Crippen LogP contribution in [0.3, 0.4) is 0 Å². The van der Waals surface area contributed by atoms with Gasteiger partial charge in [-0.05, 0) is 44.0 Å². The van der Waals surface area contributed by atoms with Crippen LogP contribution in [0.5, 0.6) is 5.75 Å². The van der Waals surface area contributed by atoms with E-state index in [1.54, 1.807) is 29.7 Å². The molecule has 1 atom stereocenters. The fourth-order valence-electron chi connectivity index (χ4n) is 4.57. The number of fused-ring (bicyclic) bond motifs is 5. The molecule has 142 valence electrons. The van der Waals surface area contributed by atoms with Crippen molar-refractivity contribution < 1.29 is 15.0 Å². The van der Waals surface area contributed by atoms with Gasteiger partial charge in [-0.1, -0.05) is 6.92 Å². The minimum absolute atomic E-state index is 0.159. The molecule has 0 radical (unpaired) electrons. The van der Waals surface area contributed by atoms with Crippen molar-refractivity contribution in [3.05, 3.63) is 56.9 Å². The average Bonchev–Trinajstić information content (AvgIpc) is 3.05. The van der Waals surface area contributed by atoms with Gasteiger partial charge >= 0.3 is 0 Å². The number of phenolic OH excluding ortho intramolecular Hbond substituents is 1. The van der Waals surface area contributed by atoms with Gasteiger partial charge in [-0.3, -0.25) is 9.59 Å². The molecule has 0 fully saturated rings. The smallest absolute Gasteiger partial charge is 0.254 e. The Kier molecular flexibility index (Phi) is 3.37. The molecule has 2 aliphatic rings. The second-order valence-corrected chi connectivity index (χ2v) is 7.72. The Labute approximate surface area is 161 Å². The first-order valence-corrected chi connectivity index (χ1v) is 9.50. The first kappa shape index (κ1) is 17.1.